The molecular formula is C24H27F2N7O. The predicted molar refractivity (Wildman–Crippen MR) is 126 cm³/mol. The van der Waals surface area contributed by atoms with E-state index < -0.39 is 6.43 Å². The Bertz CT molecular complexity index is 1070. The van der Waals surface area contributed by atoms with Crippen molar-refractivity contribution in [2.24, 2.45) is 0 Å². The topological polar surface area (TPSA) is 79.3 Å². The number of aromatic nitrogens is 4. The van der Waals surface area contributed by atoms with E-state index in [1.165, 1.54) is 12.3 Å². The second-order valence-corrected chi connectivity index (χ2v) is 8.01. The Balaban J connectivity index is 1.23. The number of alkyl halides is 2. The average molecular weight is 468 g/mol. The molecule has 0 radical (unpaired) electrons. The molecule has 0 aromatic carbocycles. The number of anilines is 2. The van der Waals surface area contributed by atoms with E-state index in [1.54, 1.807) is 18.2 Å². The van der Waals surface area contributed by atoms with Crippen LogP contribution in [0.3, 0.4) is 0 Å². The normalized spacial score (nSPS) is 13.8. The number of allylic oxidation sites excluding steroid dienone is 1. The summed E-state index contributed by atoms with van der Waals surface area (Å²) < 4.78 is 30.7. The number of pyridine rings is 2. The summed E-state index contributed by atoms with van der Waals surface area (Å²) in [6, 6.07) is 10.4. The van der Waals surface area contributed by atoms with Gasteiger partial charge in [-0.05, 0) is 31.2 Å². The Kier molecular flexibility index (Phi) is 7.46. The molecule has 3 aromatic heterocycles. The molecule has 10 heteroatoms. The molecule has 4 heterocycles. The summed E-state index contributed by atoms with van der Waals surface area (Å²) in [5, 5.41) is 11.3. The first kappa shape index (κ1) is 23.3. The maximum Gasteiger partial charge on any atom is 0.280 e. The Labute approximate surface area is 197 Å². The summed E-state index contributed by atoms with van der Waals surface area (Å²) in [5.41, 5.74) is 3.53. The zero-order chi connectivity index (χ0) is 23.9. The highest BCUT2D eigenvalue weighted by molar-refractivity contribution is 5.45. The number of halogens is 2. The number of nitrogens with zero attached hydrogens (tertiary/aromatic N) is 6. The Hall–Kier alpha value is -3.82. The van der Waals surface area contributed by atoms with Gasteiger partial charge in [-0.15, -0.1) is 10.2 Å². The van der Waals surface area contributed by atoms with Crippen LogP contribution in [0.25, 0.3) is 0 Å². The highest BCUT2D eigenvalue weighted by Gasteiger charge is 2.16. The van der Waals surface area contributed by atoms with Crippen molar-refractivity contribution in [2.75, 3.05) is 36.4 Å². The van der Waals surface area contributed by atoms with Crippen molar-refractivity contribution in [1.82, 2.24) is 25.1 Å². The molecule has 3 aromatic rings. The lowest BCUT2D eigenvalue weighted by Gasteiger charge is -2.37. The molecule has 0 spiro atoms. The van der Waals surface area contributed by atoms with Crippen molar-refractivity contribution in [3.8, 4) is 5.88 Å². The molecule has 0 aliphatic carbocycles. The summed E-state index contributed by atoms with van der Waals surface area (Å²) in [7, 11) is 0. The van der Waals surface area contributed by atoms with Crippen molar-refractivity contribution in [2.45, 2.75) is 26.5 Å². The second kappa shape index (κ2) is 10.9. The van der Waals surface area contributed by atoms with Gasteiger partial charge < -0.3 is 19.9 Å². The van der Waals surface area contributed by atoms with Gasteiger partial charge in [0.2, 0.25) is 5.88 Å². The summed E-state index contributed by atoms with van der Waals surface area (Å²) in [6.45, 7) is 10.6. The molecule has 1 aliphatic rings. The van der Waals surface area contributed by atoms with Crippen LogP contribution in [-0.2, 0) is 13.2 Å². The first-order valence-corrected chi connectivity index (χ1v) is 11.0. The minimum absolute atomic E-state index is 0.163. The zero-order valence-electron chi connectivity index (χ0n) is 19.0. The number of rotatable bonds is 9. The van der Waals surface area contributed by atoms with Crippen molar-refractivity contribution in [3.05, 3.63) is 78.0 Å². The second-order valence-electron chi connectivity index (χ2n) is 8.01. The van der Waals surface area contributed by atoms with Gasteiger partial charge in [0, 0.05) is 49.7 Å². The van der Waals surface area contributed by atoms with Crippen molar-refractivity contribution in [1.29, 1.82) is 0 Å². The molecule has 8 nitrogen and oxygen atoms in total. The summed E-state index contributed by atoms with van der Waals surface area (Å²) in [4.78, 5) is 12.9. The van der Waals surface area contributed by atoms with E-state index in [9.17, 15) is 8.78 Å². The van der Waals surface area contributed by atoms with E-state index in [1.807, 2.05) is 19.2 Å². The van der Waals surface area contributed by atoms with E-state index in [0.29, 0.717) is 23.8 Å². The molecule has 1 N–H and O–H groups in total. The first-order valence-electron chi connectivity index (χ1n) is 11.0. The van der Waals surface area contributed by atoms with Crippen LogP contribution in [0.4, 0.5) is 20.3 Å². The molecule has 1 saturated heterocycles. The fourth-order valence-corrected chi connectivity index (χ4v) is 3.53. The third-order valence-electron chi connectivity index (χ3n) is 5.54. The lowest BCUT2D eigenvalue weighted by molar-refractivity contribution is 0.146. The van der Waals surface area contributed by atoms with Gasteiger partial charge in [-0.25, -0.2) is 8.78 Å². The number of nitrogens with one attached hydrogen (secondary N) is 1. The third kappa shape index (κ3) is 6.15. The van der Waals surface area contributed by atoms with Crippen molar-refractivity contribution in [3.63, 3.8) is 0 Å². The molecule has 34 heavy (non-hydrogen) atoms. The fraction of sp³-hybridized carbons (Fsp3) is 0.333. The summed E-state index contributed by atoms with van der Waals surface area (Å²) >= 11 is 0. The van der Waals surface area contributed by atoms with Crippen LogP contribution in [0, 0.1) is 0 Å². The molecule has 0 saturated carbocycles. The van der Waals surface area contributed by atoms with Crippen LogP contribution in [0.2, 0.25) is 0 Å². The molecule has 4 rings (SSSR count). The van der Waals surface area contributed by atoms with E-state index >= 15 is 0 Å². The van der Waals surface area contributed by atoms with Crippen molar-refractivity contribution < 1.29 is 13.5 Å². The van der Waals surface area contributed by atoms with Gasteiger partial charge in [-0.3, -0.25) is 9.97 Å². The van der Waals surface area contributed by atoms with Gasteiger partial charge >= 0.3 is 0 Å². The Morgan fingerprint density at radius 1 is 1.03 bits per heavy atom. The fourth-order valence-electron chi connectivity index (χ4n) is 3.53. The number of ether oxygens (including phenoxy) is 1. The van der Waals surface area contributed by atoms with Crippen molar-refractivity contribution >= 4 is 11.5 Å². The smallest absolute Gasteiger partial charge is 0.280 e. The van der Waals surface area contributed by atoms with Crippen LogP contribution in [0.15, 0.2) is 61.1 Å². The van der Waals surface area contributed by atoms with Gasteiger partial charge in [0.05, 0.1) is 24.1 Å². The molecule has 0 unspecified atom stereocenters. The standard InChI is InChI=1S/C24H27F2N7O/c1-17(2)32-9-11-33(12-10-32)20-5-4-19(27-15-20)14-29-22-7-8-23(31-30-22)34-16-18-3-6-21(24(25)26)28-13-18/h3-8,13,15,24H,1,9-12,14,16H2,2H3,(H,29,30). The zero-order valence-corrected chi connectivity index (χ0v) is 19.0. The maximum absolute atomic E-state index is 12.6. The number of hydrogen-bond donors (Lipinski definition) is 1. The highest BCUT2D eigenvalue weighted by Crippen LogP contribution is 2.19. The minimum atomic E-state index is -2.59. The first-order chi connectivity index (χ1) is 16.5. The number of piperazine rings is 1. The maximum atomic E-state index is 12.6. The largest absolute Gasteiger partial charge is 0.472 e. The summed E-state index contributed by atoms with van der Waals surface area (Å²) in [6.07, 6.45) is 0.682. The van der Waals surface area contributed by atoms with Gasteiger partial charge in [-0.1, -0.05) is 12.6 Å². The predicted octanol–water partition coefficient (Wildman–Crippen LogP) is 4.05. The molecule has 0 bridgehead atoms. The molecule has 1 fully saturated rings. The molecular weight excluding hydrogens is 440 g/mol. The van der Waals surface area contributed by atoms with E-state index in [0.717, 1.165) is 43.3 Å². The van der Waals surface area contributed by atoms with Gasteiger partial charge in [0.1, 0.15) is 18.1 Å². The van der Waals surface area contributed by atoms with E-state index in [-0.39, 0.29) is 12.3 Å². The van der Waals surface area contributed by atoms with Crippen LogP contribution in [-0.4, -0.2) is 51.2 Å². The van der Waals surface area contributed by atoms with Gasteiger partial charge in [0.15, 0.2) is 0 Å². The highest BCUT2D eigenvalue weighted by atomic mass is 19.3. The average Bonchev–Trinajstić information content (AvgIpc) is 2.87. The Morgan fingerprint density at radius 3 is 2.44 bits per heavy atom. The SMILES string of the molecule is C=C(C)N1CCN(c2ccc(CNc3ccc(OCc4ccc(C(F)F)nc4)nn3)nc2)CC1. The summed E-state index contributed by atoms with van der Waals surface area (Å²) in [5.74, 6) is 0.926. The van der Waals surface area contributed by atoms with Crippen LogP contribution < -0.4 is 15.0 Å². The number of hydrogen-bond acceptors (Lipinski definition) is 8. The van der Waals surface area contributed by atoms with E-state index in [4.69, 9.17) is 4.74 Å². The minimum Gasteiger partial charge on any atom is -0.472 e. The van der Waals surface area contributed by atoms with Crippen LogP contribution in [0.5, 0.6) is 5.88 Å². The van der Waals surface area contributed by atoms with Gasteiger partial charge in [0.25, 0.3) is 6.43 Å². The van der Waals surface area contributed by atoms with E-state index in [2.05, 4.69) is 47.9 Å². The Morgan fingerprint density at radius 2 is 1.85 bits per heavy atom. The third-order valence-corrected chi connectivity index (χ3v) is 5.54. The van der Waals surface area contributed by atoms with Crippen LogP contribution >= 0.6 is 0 Å². The monoisotopic (exact) mass is 467 g/mol. The lowest BCUT2D eigenvalue weighted by Crippen LogP contribution is -2.45. The molecule has 0 amide bonds. The van der Waals surface area contributed by atoms with Crippen LogP contribution in [0.1, 0.15) is 30.3 Å². The molecule has 1 aliphatic heterocycles. The quantitative estimate of drug-likeness (QED) is 0.505. The van der Waals surface area contributed by atoms with Gasteiger partial charge in [-0.2, -0.15) is 0 Å². The molecule has 178 valence electrons. The lowest BCUT2D eigenvalue weighted by atomic mass is 10.2. The molecule has 0 atom stereocenters.